The molecule has 3 amide bonds. The molecular formula is C39H74N2O6. The third-order valence-corrected chi connectivity index (χ3v) is 9.63. The minimum absolute atomic E-state index is 0.134. The minimum Gasteiger partial charge on any atom is -0.465 e. The number of carboxylic acid groups (broad SMARTS) is 1. The van der Waals surface area contributed by atoms with Crippen molar-refractivity contribution in [2.45, 2.75) is 219 Å². The molecule has 0 radical (unpaired) electrons. The van der Waals surface area contributed by atoms with E-state index in [0.29, 0.717) is 6.42 Å². The fourth-order valence-corrected chi connectivity index (χ4v) is 6.59. The fourth-order valence-electron chi connectivity index (χ4n) is 6.59. The Morgan fingerprint density at radius 1 is 0.553 bits per heavy atom. The predicted octanol–water partition coefficient (Wildman–Crippen LogP) is 12.3. The van der Waals surface area contributed by atoms with Gasteiger partial charge in [0.05, 0.1) is 0 Å². The van der Waals surface area contributed by atoms with Gasteiger partial charge in [-0.3, -0.25) is 0 Å². The summed E-state index contributed by atoms with van der Waals surface area (Å²) in [6.45, 7) is 5.30. The van der Waals surface area contributed by atoms with Crippen LogP contribution in [-0.4, -0.2) is 53.6 Å². The molecule has 2 fully saturated rings. The number of alkyl carbamates (subject to hydrolysis) is 1. The predicted molar refractivity (Wildman–Crippen MR) is 193 cm³/mol. The van der Waals surface area contributed by atoms with E-state index in [9.17, 15) is 19.5 Å². The number of carbonyl (C=O) groups excluding carboxylic acids is 2. The van der Waals surface area contributed by atoms with Crippen molar-refractivity contribution in [2.75, 3.05) is 13.1 Å². The van der Waals surface area contributed by atoms with E-state index in [1.807, 2.05) is 0 Å². The van der Waals surface area contributed by atoms with E-state index in [2.05, 4.69) is 19.2 Å². The van der Waals surface area contributed by atoms with Crippen LogP contribution in [0.2, 0.25) is 0 Å². The van der Waals surface area contributed by atoms with Gasteiger partial charge in [-0.2, -0.15) is 0 Å². The number of imide groups is 1. The lowest BCUT2D eigenvalue weighted by Gasteiger charge is -2.23. The molecule has 0 atom stereocenters. The summed E-state index contributed by atoms with van der Waals surface area (Å²) in [6, 6.07) is 0. The van der Waals surface area contributed by atoms with Gasteiger partial charge in [-0.05, 0) is 64.2 Å². The normalized spacial score (nSPS) is 18.4. The van der Waals surface area contributed by atoms with Crippen LogP contribution >= 0.6 is 0 Å². The summed E-state index contributed by atoms with van der Waals surface area (Å²) in [5, 5.41) is 12.2. The number of nitrogens with zero attached hydrogens (tertiary/aromatic N) is 1. The lowest BCUT2D eigenvalue weighted by molar-refractivity contribution is 0.0521. The molecule has 0 heterocycles. The van der Waals surface area contributed by atoms with Crippen LogP contribution in [0.3, 0.4) is 0 Å². The Balaban J connectivity index is 0.000000474. The Labute approximate surface area is 288 Å². The van der Waals surface area contributed by atoms with Gasteiger partial charge in [0, 0.05) is 13.1 Å². The Morgan fingerprint density at radius 2 is 0.936 bits per heavy atom. The second-order valence-corrected chi connectivity index (χ2v) is 14.0. The van der Waals surface area contributed by atoms with Crippen molar-refractivity contribution in [3.05, 3.63) is 0 Å². The van der Waals surface area contributed by atoms with Crippen LogP contribution in [0.1, 0.15) is 206 Å². The Kier molecular flexibility index (Phi) is 28.6. The smallest absolute Gasteiger partial charge is 0.419 e. The van der Waals surface area contributed by atoms with Gasteiger partial charge < -0.3 is 19.9 Å². The van der Waals surface area contributed by atoms with E-state index in [-0.39, 0.29) is 24.8 Å². The van der Waals surface area contributed by atoms with E-state index in [0.717, 1.165) is 75.7 Å². The molecule has 0 bridgehead atoms. The van der Waals surface area contributed by atoms with E-state index in [1.165, 1.54) is 122 Å². The Bertz CT molecular complexity index is 740. The molecule has 0 aromatic heterocycles. The zero-order chi connectivity index (χ0) is 34.2. The van der Waals surface area contributed by atoms with Crippen molar-refractivity contribution in [1.82, 2.24) is 10.2 Å². The lowest BCUT2D eigenvalue weighted by Crippen LogP contribution is -2.39. The summed E-state index contributed by atoms with van der Waals surface area (Å²) in [4.78, 5) is 36.4. The molecule has 0 saturated heterocycles. The molecule has 0 aromatic carbocycles. The van der Waals surface area contributed by atoms with E-state index < -0.39 is 12.2 Å². The molecule has 0 aromatic rings. The minimum atomic E-state index is -1.20. The number of rotatable bonds is 12. The number of nitrogens with one attached hydrogen (secondary N) is 1. The average Bonchev–Trinajstić information content (AvgIpc) is 3.03. The van der Waals surface area contributed by atoms with Gasteiger partial charge in [-0.15, -0.1) is 0 Å². The van der Waals surface area contributed by atoms with Crippen molar-refractivity contribution in [3.8, 4) is 0 Å². The molecule has 8 nitrogen and oxygen atoms in total. The second-order valence-electron chi connectivity index (χ2n) is 14.0. The molecule has 0 spiro atoms. The molecule has 2 rings (SSSR count). The lowest BCUT2D eigenvalue weighted by atomic mass is 9.99. The highest BCUT2D eigenvalue weighted by Gasteiger charge is 2.25. The number of ether oxygens (including phenoxy) is 2. The quantitative estimate of drug-likeness (QED) is 0.201. The van der Waals surface area contributed by atoms with Gasteiger partial charge >= 0.3 is 18.3 Å². The van der Waals surface area contributed by atoms with Crippen molar-refractivity contribution >= 4 is 18.3 Å². The SMILES string of the molecule is CCCCCCN(C(=O)O)C(=O)OC1CCCCCCCCCCC1.CCCCCCNC(=O)OC1CCCCCCCCCCC1. The highest BCUT2D eigenvalue weighted by atomic mass is 16.6. The first-order chi connectivity index (χ1) is 23.0. The Morgan fingerprint density at radius 3 is 1.34 bits per heavy atom. The highest BCUT2D eigenvalue weighted by Crippen LogP contribution is 2.21. The van der Waals surface area contributed by atoms with E-state index in [1.54, 1.807) is 0 Å². The first-order valence-corrected chi connectivity index (χ1v) is 20.1. The van der Waals surface area contributed by atoms with Gasteiger partial charge in [-0.25, -0.2) is 19.3 Å². The van der Waals surface area contributed by atoms with Crippen LogP contribution in [0.5, 0.6) is 0 Å². The van der Waals surface area contributed by atoms with E-state index >= 15 is 0 Å². The van der Waals surface area contributed by atoms with Gasteiger partial charge in [0.15, 0.2) is 0 Å². The fraction of sp³-hybridized carbons (Fsp3) is 0.923. The van der Waals surface area contributed by atoms with Crippen molar-refractivity contribution in [1.29, 1.82) is 0 Å². The molecular weight excluding hydrogens is 592 g/mol. The maximum Gasteiger partial charge on any atom is 0.419 e. The van der Waals surface area contributed by atoms with Crippen LogP contribution < -0.4 is 5.32 Å². The van der Waals surface area contributed by atoms with E-state index in [4.69, 9.17) is 9.47 Å². The molecule has 2 saturated carbocycles. The molecule has 0 aliphatic heterocycles. The van der Waals surface area contributed by atoms with Crippen LogP contribution in [0.4, 0.5) is 14.4 Å². The first-order valence-electron chi connectivity index (χ1n) is 20.1. The summed E-state index contributed by atoms with van der Waals surface area (Å²) in [6.07, 6.45) is 33.0. The molecule has 0 unspecified atom stereocenters. The molecule has 2 N–H and O–H groups in total. The van der Waals surface area contributed by atoms with Gasteiger partial charge in [-0.1, -0.05) is 142 Å². The van der Waals surface area contributed by atoms with Crippen LogP contribution in [0.25, 0.3) is 0 Å². The molecule has 2 aliphatic rings. The third kappa shape index (κ3) is 25.7. The molecule has 2 aliphatic carbocycles. The maximum atomic E-state index is 12.3. The standard InChI is InChI=1S/C20H37NO4.C19H37NO2/c1-2-3-4-14-17-21(19(22)23)20(24)25-18-15-12-10-8-6-5-7-9-11-13-16-18;1-2-3-4-14-17-20-19(21)22-18-15-12-10-8-6-5-7-9-11-13-16-18/h18H,2-17H2,1H3,(H,22,23);18H,2-17H2,1H3,(H,20,21). The van der Waals surface area contributed by atoms with Crippen LogP contribution in [-0.2, 0) is 9.47 Å². The van der Waals surface area contributed by atoms with Crippen LogP contribution in [0, 0.1) is 0 Å². The summed E-state index contributed by atoms with van der Waals surface area (Å²) in [5.41, 5.74) is 0. The van der Waals surface area contributed by atoms with Gasteiger partial charge in [0.1, 0.15) is 12.2 Å². The molecule has 8 heteroatoms. The third-order valence-electron chi connectivity index (χ3n) is 9.63. The monoisotopic (exact) mass is 667 g/mol. The maximum absolute atomic E-state index is 12.3. The number of unbranched alkanes of at least 4 members (excludes halogenated alkanes) is 6. The first kappa shape index (κ1) is 43.0. The largest absolute Gasteiger partial charge is 0.465 e. The number of amides is 3. The zero-order valence-corrected chi connectivity index (χ0v) is 30.7. The summed E-state index contributed by atoms with van der Waals surface area (Å²) in [5.74, 6) is 0. The molecule has 47 heavy (non-hydrogen) atoms. The summed E-state index contributed by atoms with van der Waals surface area (Å²) < 4.78 is 11.2. The van der Waals surface area contributed by atoms with Gasteiger partial charge in [0.25, 0.3) is 0 Å². The zero-order valence-electron chi connectivity index (χ0n) is 30.7. The molecule has 276 valence electrons. The second kappa shape index (κ2) is 31.3. The number of carbonyl (C=O) groups is 3. The van der Waals surface area contributed by atoms with Crippen LogP contribution in [0.15, 0.2) is 0 Å². The van der Waals surface area contributed by atoms with Gasteiger partial charge in [0.2, 0.25) is 0 Å². The number of hydrogen-bond acceptors (Lipinski definition) is 5. The van der Waals surface area contributed by atoms with Crippen molar-refractivity contribution in [2.24, 2.45) is 0 Å². The summed E-state index contributed by atoms with van der Waals surface area (Å²) >= 11 is 0. The number of hydrogen-bond donors (Lipinski definition) is 2. The van der Waals surface area contributed by atoms with Crippen molar-refractivity contribution in [3.63, 3.8) is 0 Å². The summed E-state index contributed by atoms with van der Waals surface area (Å²) in [7, 11) is 0. The average molecular weight is 667 g/mol. The topological polar surface area (TPSA) is 105 Å². The highest BCUT2D eigenvalue weighted by molar-refractivity contribution is 5.86. The van der Waals surface area contributed by atoms with Crippen molar-refractivity contribution < 1.29 is 29.0 Å². The Hall–Kier alpha value is -1.99.